The highest BCUT2D eigenvalue weighted by molar-refractivity contribution is 6.06. The second-order valence-corrected chi connectivity index (χ2v) is 4.33. The first-order valence-corrected chi connectivity index (χ1v) is 6.11. The number of amides is 3. The number of hydrogen-bond acceptors (Lipinski definition) is 4. The Morgan fingerprint density at radius 1 is 1.33 bits per heavy atom. The minimum absolute atomic E-state index is 0.0642. The molecule has 7 heteroatoms. The van der Waals surface area contributed by atoms with Gasteiger partial charge in [0, 0.05) is 5.56 Å². The van der Waals surface area contributed by atoms with Gasteiger partial charge in [-0.3, -0.25) is 19.7 Å². The normalized spacial score (nSPS) is 14.3. The van der Waals surface area contributed by atoms with Crippen molar-refractivity contribution in [1.29, 1.82) is 0 Å². The van der Waals surface area contributed by atoms with Crippen LogP contribution in [0.5, 0.6) is 0 Å². The summed E-state index contributed by atoms with van der Waals surface area (Å²) in [6.07, 6.45) is 0. The summed E-state index contributed by atoms with van der Waals surface area (Å²) in [4.78, 5) is 36.0. The van der Waals surface area contributed by atoms with Gasteiger partial charge in [-0.1, -0.05) is 11.8 Å². The van der Waals surface area contributed by atoms with E-state index in [0.717, 1.165) is 17.0 Å². The number of carbonyl (C=O) groups is 3. The Balaban J connectivity index is 2.34. The molecule has 0 unspecified atom stereocenters. The molecule has 1 aliphatic rings. The first kappa shape index (κ1) is 14.7. The number of piperazine rings is 1. The molecule has 108 valence electrons. The van der Waals surface area contributed by atoms with Crippen molar-refractivity contribution < 1.29 is 18.8 Å². The summed E-state index contributed by atoms with van der Waals surface area (Å²) in [5.74, 6) is 2.93. The molecule has 1 fully saturated rings. The maximum Gasteiger partial charge on any atom is 0.256 e. The highest BCUT2D eigenvalue weighted by Crippen LogP contribution is 2.14. The van der Waals surface area contributed by atoms with Gasteiger partial charge >= 0.3 is 0 Å². The van der Waals surface area contributed by atoms with Crippen LogP contribution < -0.4 is 11.1 Å². The topological polar surface area (TPSA) is 92.5 Å². The van der Waals surface area contributed by atoms with E-state index >= 15 is 0 Å². The lowest BCUT2D eigenvalue weighted by Crippen LogP contribution is -2.53. The van der Waals surface area contributed by atoms with Crippen molar-refractivity contribution in [2.24, 2.45) is 5.73 Å². The molecule has 3 N–H and O–H groups in total. The number of carbonyl (C=O) groups excluding carboxylic acids is 3. The number of rotatable bonds is 1. The van der Waals surface area contributed by atoms with Gasteiger partial charge in [-0.05, 0) is 18.2 Å². The van der Waals surface area contributed by atoms with Gasteiger partial charge < -0.3 is 10.6 Å². The van der Waals surface area contributed by atoms with Gasteiger partial charge in [0.05, 0.1) is 12.1 Å². The molecule has 3 amide bonds. The Labute approximate surface area is 120 Å². The van der Waals surface area contributed by atoms with Gasteiger partial charge in [0.1, 0.15) is 18.9 Å². The van der Waals surface area contributed by atoms with E-state index < -0.39 is 23.5 Å². The highest BCUT2D eigenvalue weighted by atomic mass is 19.1. The molecule has 0 bridgehead atoms. The molecule has 1 heterocycles. The Hall–Kier alpha value is -2.72. The van der Waals surface area contributed by atoms with Crippen molar-refractivity contribution in [3.63, 3.8) is 0 Å². The van der Waals surface area contributed by atoms with Crippen molar-refractivity contribution in [2.75, 3.05) is 19.6 Å². The number of hydrogen-bond donors (Lipinski definition) is 2. The Kier molecular flexibility index (Phi) is 4.30. The van der Waals surface area contributed by atoms with Crippen LogP contribution in [0.1, 0.15) is 15.9 Å². The number of benzene rings is 1. The zero-order chi connectivity index (χ0) is 15.4. The molecule has 2 rings (SSSR count). The van der Waals surface area contributed by atoms with Crippen LogP contribution in [0.15, 0.2) is 18.2 Å². The first-order chi connectivity index (χ1) is 10.0. The van der Waals surface area contributed by atoms with E-state index in [1.54, 1.807) is 0 Å². The lowest BCUT2D eigenvalue weighted by Gasteiger charge is -2.25. The van der Waals surface area contributed by atoms with E-state index in [1.165, 1.54) is 6.07 Å². The predicted molar refractivity (Wildman–Crippen MR) is 71.4 cm³/mol. The van der Waals surface area contributed by atoms with E-state index in [1.807, 2.05) is 0 Å². The van der Waals surface area contributed by atoms with Crippen LogP contribution in [0.4, 0.5) is 4.39 Å². The molecule has 0 aromatic heterocycles. The van der Waals surface area contributed by atoms with Crippen LogP contribution in [-0.4, -0.2) is 42.3 Å². The van der Waals surface area contributed by atoms with Gasteiger partial charge in [0.25, 0.3) is 5.91 Å². The fourth-order valence-electron chi connectivity index (χ4n) is 1.90. The molecule has 0 atom stereocenters. The van der Waals surface area contributed by atoms with Crippen LogP contribution in [0.25, 0.3) is 0 Å². The molecule has 1 saturated heterocycles. The number of nitrogens with zero attached hydrogens (tertiary/aromatic N) is 1. The third-order valence-electron chi connectivity index (χ3n) is 2.77. The standard InChI is InChI=1S/C14H12FN3O3/c15-10-3-4-11(9(6-10)2-1-5-16)14(21)18-7-12(19)17-13(20)8-18/h3-4,6H,5,7-8,16H2,(H,17,19,20). The number of nitrogens with one attached hydrogen (secondary N) is 1. The smallest absolute Gasteiger partial charge is 0.256 e. The molecule has 0 spiro atoms. The van der Waals surface area contributed by atoms with E-state index in [-0.39, 0.29) is 30.8 Å². The zero-order valence-electron chi connectivity index (χ0n) is 11.0. The summed E-state index contributed by atoms with van der Waals surface area (Å²) in [5, 5.41) is 2.10. The highest BCUT2D eigenvalue weighted by Gasteiger charge is 2.28. The monoisotopic (exact) mass is 289 g/mol. The van der Waals surface area contributed by atoms with Crippen molar-refractivity contribution in [3.05, 3.63) is 35.1 Å². The largest absolute Gasteiger partial charge is 0.320 e. The third kappa shape index (κ3) is 3.43. The van der Waals surface area contributed by atoms with Crippen LogP contribution in [0, 0.1) is 17.7 Å². The summed E-state index contributed by atoms with van der Waals surface area (Å²) >= 11 is 0. The molecule has 1 aromatic carbocycles. The van der Waals surface area contributed by atoms with E-state index in [4.69, 9.17) is 5.73 Å². The van der Waals surface area contributed by atoms with Crippen molar-refractivity contribution >= 4 is 17.7 Å². The van der Waals surface area contributed by atoms with E-state index in [0.29, 0.717) is 0 Å². The summed E-state index contributed by atoms with van der Waals surface area (Å²) in [6.45, 7) is -0.397. The van der Waals surface area contributed by atoms with Crippen LogP contribution in [0.3, 0.4) is 0 Å². The molecule has 21 heavy (non-hydrogen) atoms. The van der Waals surface area contributed by atoms with Gasteiger partial charge in [0.2, 0.25) is 11.8 Å². The lowest BCUT2D eigenvalue weighted by molar-refractivity contribution is -0.135. The summed E-state index contributed by atoms with van der Waals surface area (Å²) < 4.78 is 13.3. The minimum Gasteiger partial charge on any atom is -0.320 e. The average Bonchev–Trinajstić information content (AvgIpc) is 2.43. The third-order valence-corrected chi connectivity index (χ3v) is 2.77. The second-order valence-electron chi connectivity index (χ2n) is 4.33. The SMILES string of the molecule is NCC#Cc1cc(F)ccc1C(=O)N1CC(=O)NC(=O)C1. The molecule has 0 aliphatic carbocycles. The van der Waals surface area contributed by atoms with Crippen molar-refractivity contribution in [3.8, 4) is 11.8 Å². The second kappa shape index (κ2) is 6.15. The number of imide groups is 1. The van der Waals surface area contributed by atoms with Gasteiger partial charge in [0.15, 0.2) is 0 Å². The van der Waals surface area contributed by atoms with E-state index in [2.05, 4.69) is 17.2 Å². The fraction of sp³-hybridized carbons (Fsp3) is 0.214. The molecule has 1 aromatic rings. The summed E-state index contributed by atoms with van der Waals surface area (Å²) in [5.41, 5.74) is 5.55. The molecule has 0 saturated carbocycles. The quantitative estimate of drug-likeness (QED) is 0.525. The first-order valence-electron chi connectivity index (χ1n) is 6.11. The number of nitrogens with two attached hydrogens (primary N) is 1. The lowest BCUT2D eigenvalue weighted by atomic mass is 10.1. The molecule has 1 aliphatic heterocycles. The predicted octanol–water partition coefficient (Wildman–Crippen LogP) is -0.766. The Bertz CT molecular complexity index is 660. The Morgan fingerprint density at radius 2 is 2.00 bits per heavy atom. The zero-order valence-corrected chi connectivity index (χ0v) is 11.0. The van der Waals surface area contributed by atoms with Crippen LogP contribution >= 0.6 is 0 Å². The summed E-state index contributed by atoms with van der Waals surface area (Å²) in [7, 11) is 0. The van der Waals surface area contributed by atoms with Crippen molar-refractivity contribution in [2.45, 2.75) is 0 Å². The molecular formula is C14H12FN3O3. The maximum absolute atomic E-state index is 13.3. The van der Waals surface area contributed by atoms with Crippen LogP contribution in [-0.2, 0) is 9.59 Å². The average molecular weight is 289 g/mol. The van der Waals surface area contributed by atoms with Crippen molar-refractivity contribution in [1.82, 2.24) is 10.2 Å². The number of halogens is 1. The van der Waals surface area contributed by atoms with Gasteiger partial charge in [-0.25, -0.2) is 4.39 Å². The summed E-state index contributed by atoms with van der Waals surface area (Å²) in [6, 6.07) is 3.50. The van der Waals surface area contributed by atoms with Gasteiger partial charge in [-0.2, -0.15) is 0 Å². The molecule has 6 nitrogen and oxygen atoms in total. The van der Waals surface area contributed by atoms with Crippen LogP contribution in [0.2, 0.25) is 0 Å². The molecule has 0 radical (unpaired) electrons. The van der Waals surface area contributed by atoms with Gasteiger partial charge in [-0.15, -0.1) is 0 Å². The fourth-order valence-corrected chi connectivity index (χ4v) is 1.90. The molecular weight excluding hydrogens is 277 g/mol. The van der Waals surface area contributed by atoms with E-state index in [9.17, 15) is 18.8 Å². The Morgan fingerprint density at radius 3 is 2.62 bits per heavy atom. The maximum atomic E-state index is 13.3. The minimum atomic E-state index is -0.559.